The first-order valence-electron chi connectivity index (χ1n) is 8.85. The quantitative estimate of drug-likeness (QED) is 0.714. The molecule has 0 saturated heterocycles. The van der Waals surface area contributed by atoms with E-state index in [1.807, 2.05) is 56.3 Å². The Labute approximate surface area is 163 Å². The number of ether oxygens (including phenoxy) is 1. The van der Waals surface area contributed by atoms with Crippen LogP contribution in [0.2, 0.25) is 0 Å². The van der Waals surface area contributed by atoms with Gasteiger partial charge in [0.1, 0.15) is 17.9 Å². The van der Waals surface area contributed by atoms with Crippen molar-refractivity contribution in [3.63, 3.8) is 0 Å². The number of aromatic nitrogens is 1. The van der Waals surface area contributed by atoms with Crippen LogP contribution < -0.4 is 20.5 Å². The highest BCUT2D eigenvalue weighted by Gasteiger charge is 2.15. The lowest BCUT2D eigenvalue weighted by Gasteiger charge is -2.13. The van der Waals surface area contributed by atoms with E-state index in [9.17, 15) is 9.59 Å². The number of pyridine rings is 1. The molecule has 2 aromatic carbocycles. The summed E-state index contributed by atoms with van der Waals surface area (Å²) in [4.78, 5) is 30.9. The first-order valence-corrected chi connectivity index (χ1v) is 8.85. The van der Waals surface area contributed by atoms with Gasteiger partial charge in [0.15, 0.2) is 0 Å². The van der Waals surface area contributed by atoms with Crippen LogP contribution in [-0.4, -0.2) is 17.7 Å². The number of nitrogens with one attached hydrogen (secondary N) is 1. The molecule has 0 aliphatic rings. The number of hydrogen-bond acceptors (Lipinski definition) is 4. The van der Waals surface area contributed by atoms with Crippen molar-refractivity contribution in [1.82, 2.24) is 4.73 Å². The van der Waals surface area contributed by atoms with Gasteiger partial charge in [0.25, 0.3) is 11.5 Å². The maximum atomic E-state index is 12.6. The molecule has 3 rings (SSSR count). The molecule has 0 fully saturated rings. The molecule has 1 aromatic heterocycles. The highest BCUT2D eigenvalue weighted by molar-refractivity contribution is 6.04. The number of para-hydroxylation sites is 1. The highest BCUT2D eigenvalue weighted by Crippen LogP contribution is 2.19. The average Bonchev–Trinajstić information content (AvgIpc) is 2.70. The van der Waals surface area contributed by atoms with Crippen molar-refractivity contribution in [1.29, 1.82) is 0 Å². The van der Waals surface area contributed by atoms with Crippen molar-refractivity contribution in [3.05, 3.63) is 93.4 Å². The Morgan fingerprint density at radius 3 is 2.32 bits per heavy atom. The number of benzene rings is 2. The minimum absolute atomic E-state index is 0.0138. The van der Waals surface area contributed by atoms with Gasteiger partial charge in [-0.3, -0.25) is 9.59 Å². The average molecular weight is 378 g/mol. The van der Waals surface area contributed by atoms with Gasteiger partial charge >= 0.3 is 0 Å². The van der Waals surface area contributed by atoms with Gasteiger partial charge in [-0.15, -0.1) is 0 Å². The summed E-state index contributed by atoms with van der Waals surface area (Å²) in [7, 11) is 1.60. The van der Waals surface area contributed by atoms with E-state index < -0.39 is 11.5 Å². The largest absolute Gasteiger partial charge is 0.497 e. The van der Waals surface area contributed by atoms with Crippen molar-refractivity contribution in [2.45, 2.75) is 20.5 Å². The Bertz CT molecular complexity index is 1020. The normalized spacial score (nSPS) is 10.4. The summed E-state index contributed by atoms with van der Waals surface area (Å²) < 4.78 is 6.19. The molecular weight excluding hydrogens is 356 g/mol. The number of carbonyl (C=O) groups excluding carboxylic acids is 1. The van der Waals surface area contributed by atoms with Crippen LogP contribution >= 0.6 is 0 Å². The fourth-order valence-corrected chi connectivity index (χ4v) is 2.81. The van der Waals surface area contributed by atoms with E-state index in [1.165, 1.54) is 12.3 Å². The van der Waals surface area contributed by atoms with Gasteiger partial charge in [-0.1, -0.05) is 30.3 Å². The lowest BCUT2D eigenvalue weighted by molar-refractivity contribution is 0.0863. The maximum Gasteiger partial charge on any atom is 0.295 e. The Morgan fingerprint density at radius 1 is 1.00 bits per heavy atom. The van der Waals surface area contributed by atoms with Crippen molar-refractivity contribution in [3.8, 4) is 5.75 Å². The van der Waals surface area contributed by atoms with Crippen molar-refractivity contribution >= 4 is 11.6 Å². The van der Waals surface area contributed by atoms with E-state index in [0.29, 0.717) is 5.69 Å². The number of methoxy groups -OCH3 is 1. The maximum absolute atomic E-state index is 12.6. The summed E-state index contributed by atoms with van der Waals surface area (Å²) in [6, 6.07) is 16.2. The van der Waals surface area contributed by atoms with Crippen LogP contribution in [0.15, 0.2) is 65.6 Å². The van der Waals surface area contributed by atoms with Crippen LogP contribution in [0.3, 0.4) is 0 Å². The molecule has 6 heteroatoms. The predicted octanol–water partition coefficient (Wildman–Crippen LogP) is 3.35. The second-order valence-corrected chi connectivity index (χ2v) is 6.40. The van der Waals surface area contributed by atoms with Gasteiger partial charge in [-0.25, -0.2) is 0 Å². The summed E-state index contributed by atoms with van der Waals surface area (Å²) in [5.74, 6) is 0.274. The molecule has 0 aliphatic carbocycles. The summed E-state index contributed by atoms with van der Waals surface area (Å²) in [6.07, 6.45) is 1.49. The summed E-state index contributed by atoms with van der Waals surface area (Å²) in [5, 5.41) is 2.83. The summed E-state index contributed by atoms with van der Waals surface area (Å²) in [5.41, 5.74) is 2.94. The van der Waals surface area contributed by atoms with Crippen LogP contribution in [0, 0.1) is 13.8 Å². The van der Waals surface area contributed by atoms with Crippen LogP contribution in [0.4, 0.5) is 5.69 Å². The Morgan fingerprint density at radius 2 is 1.68 bits per heavy atom. The first-order chi connectivity index (χ1) is 13.5. The van der Waals surface area contributed by atoms with Gasteiger partial charge in [-0.2, -0.15) is 4.73 Å². The molecule has 28 heavy (non-hydrogen) atoms. The molecule has 6 nitrogen and oxygen atoms in total. The van der Waals surface area contributed by atoms with Crippen LogP contribution in [0.25, 0.3) is 0 Å². The number of nitrogens with zero attached hydrogens (tertiary/aromatic N) is 1. The molecule has 1 N–H and O–H groups in total. The van der Waals surface area contributed by atoms with E-state index >= 15 is 0 Å². The Balaban J connectivity index is 1.76. The van der Waals surface area contributed by atoms with Gasteiger partial charge in [0.2, 0.25) is 0 Å². The second kappa shape index (κ2) is 8.43. The van der Waals surface area contributed by atoms with E-state index in [-0.39, 0.29) is 12.2 Å². The van der Waals surface area contributed by atoms with Gasteiger partial charge in [0, 0.05) is 11.9 Å². The molecule has 0 spiro atoms. The molecule has 144 valence electrons. The molecule has 0 bridgehead atoms. The first kappa shape index (κ1) is 19.2. The Hall–Kier alpha value is -3.54. The number of carbonyl (C=O) groups is 1. The Kier molecular flexibility index (Phi) is 5.79. The van der Waals surface area contributed by atoms with Crippen molar-refractivity contribution in [2.24, 2.45) is 0 Å². The third kappa shape index (κ3) is 4.23. The number of amides is 1. The number of hydrogen-bond donors (Lipinski definition) is 1. The summed E-state index contributed by atoms with van der Waals surface area (Å²) in [6.45, 7) is 4.00. The van der Waals surface area contributed by atoms with Crippen molar-refractivity contribution in [2.75, 3.05) is 12.4 Å². The lowest BCUT2D eigenvalue weighted by Crippen LogP contribution is -2.32. The zero-order chi connectivity index (χ0) is 20.1. The molecular formula is C22H22N2O4. The zero-order valence-electron chi connectivity index (χ0n) is 16.1. The number of aryl methyl sites for hydroxylation is 2. The van der Waals surface area contributed by atoms with Gasteiger partial charge in [0.05, 0.1) is 7.11 Å². The fourth-order valence-electron chi connectivity index (χ4n) is 2.81. The molecule has 0 atom stereocenters. The van der Waals surface area contributed by atoms with E-state index in [4.69, 9.17) is 9.57 Å². The standard InChI is InChI=1S/C22H22N2O4/c1-15-6-4-7-16(2)20(15)23-21(25)19-8-5-13-24(22(19)26)28-14-17-9-11-18(27-3)12-10-17/h4-13H,14H2,1-3H3,(H,23,25). The summed E-state index contributed by atoms with van der Waals surface area (Å²) >= 11 is 0. The molecule has 0 aliphatic heterocycles. The molecule has 0 radical (unpaired) electrons. The number of rotatable bonds is 6. The third-order valence-electron chi connectivity index (χ3n) is 4.41. The molecule has 0 saturated carbocycles. The highest BCUT2D eigenvalue weighted by atomic mass is 16.7. The number of anilines is 1. The third-order valence-corrected chi connectivity index (χ3v) is 4.41. The SMILES string of the molecule is COc1ccc(COn2cccc(C(=O)Nc3c(C)cccc3C)c2=O)cc1. The zero-order valence-corrected chi connectivity index (χ0v) is 16.1. The minimum atomic E-state index is -0.514. The topological polar surface area (TPSA) is 69.6 Å². The van der Waals surface area contributed by atoms with Crippen LogP contribution in [0.1, 0.15) is 27.0 Å². The molecule has 1 heterocycles. The second-order valence-electron chi connectivity index (χ2n) is 6.40. The minimum Gasteiger partial charge on any atom is -0.497 e. The van der Waals surface area contributed by atoms with Crippen LogP contribution in [-0.2, 0) is 6.61 Å². The fraction of sp³-hybridized carbons (Fsp3) is 0.182. The van der Waals surface area contributed by atoms with E-state index in [2.05, 4.69) is 5.32 Å². The van der Waals surface area contributed by atoms with Gasteiger partial charge < -0.3 is 14.9 Å². The monoisotopic (exact) mass is 378 g/mol. The van der Waals surface area contributed by atoms with Gasteiger partial charge in [-0.05, 0) is 54.8 Å². The van der Waals surface area contributed by atoms with Crippen LogP contribution in [0.5, 0.6) is 5.75 Å². The molecule has 0 unspecified atom stereocenters. The van der Waals surface area contributed by atoms with E-state index in [0.717, 1.165) is 27.2 Å². The predicted molar refractivity (Wildman–Crippen MR) is 108 cm³/mol. The molecule has 1 amide bonds. The smallest absolute Gasteiger partial charge is 0.295 e. The van der Waals surface area contributed by atoms with E-state index in [1.54, 1.807) is 13.2 Å². The van der Waals surface area contributed by atoms with Crippen molar-refractivity contribution < 1.29 is 14.4 Å². The molecule has 3 aromatic rings. The lowest BCUT2D eigenvalue weighted by atomic mass is 10.1.